The van der Waals surface area contributed by atoms with E-state index >= 15 is 0 Å². The maximum atomic E-state index is 12.0. The van der Waals surface area contributed by atoms with Crippen LogP contribution in [-0.4, -0.2) is 45.6 Å². The van der Waals surface area contributed by atoms with Crippen LogP contribution in [0, 0.1) is 5.92 Å². The third kappa shape index (κ3) is 4.08. The number of ketones is 1. The van der Waals surface area contributed by atoms with Gasteiger partial charge in [-0.3, -0.25) is 4.79 Å². The van der Waals surface area contributed by atoms with Crippen LogP contribution in [0.2, 0.25) is 5.04 Å². The maximum Gasteiger partial charge on any atom is 0.261 e. The van der Waals surface area contributed by atoms with Crippen molar-refractivity contribution in [2.45, 2.75) is 50.5 Å². The summed E-state index contributed by atoms with van der Waals surface area (Å²) in [7, 11) is -2.63. The van der Waals surface area contributed by atoms with Gasteiger partial charge in [-0.25, -0.2) is 0 Å². The molecule has 2 aliphatic heterocycles. The molecule has 1 fully saturated rings. The minimum Gasteiger partial charge on any atom is -0.404 e. The van der Waals surface area contributed by atoms with Gasteiger partial charge in [-0.15, -0.1) is 0 Å². The Morgan fingerprint density at radius 1 is 0.970 bits per heavy atom. The zero-order valence-corrected chi connectivity index (χ0v) is 20.6. The summed E-state index contributed by atoms with van der Waals surface area (Å²) in [6.45, 7) is 7.89. The molecule has 33 heavy (non-hydrogen) atoms. The summed E-state index contributed by atoms with van der Waals surface area (Å²) < 4.78 is 19.5. The maximum absolute atomic E-state index is 12.0. The Morgan fingerprint density at radius 2 is 1.61 bits per heavy atom. The van der Waals surface area contributed by atoms with Crippen LogP contribution in [0.5, 0.6) is 0 Å². The normalized spacial score (nSPS) is 27.1. The monoisotopic (exact) mass is 460 g/mol. The number of benzene rings is 2. The van der Waals surface area contributed by atoms with Crippen molar-refractivity contribution in [2.24, 2.45) is 5.92 Å². The lowest BCUT2D eigenvalue weighted by atomic mass is 9.90. The second-order valence-electron chi connectivity index (χ2n) is 10.3. The molecule has 172 valence electrons. The van der Waals surface area contributed by atoms with Crippen molar-refractivity contribution >= 4 is 24.5 Å². The van der Waals surface area contributed by atoms with Crippen LogP contribution >= 0.6 is 0 Å². The Bertz CT molecular complexity index is 1010. The lowest BCUT2D eigenvalue weighted by molar-refractivity contribution is -0.117. The van der Waals surface area contributed by atoms with Crippen molar-refractivity contribution in [3.63, 3.8) is 0 Å². The van der Waals surface area contributed by atoms with E-state index in [9.17, 15) is 4.79 Å². The van der Waals surface area contributed by atoms with Crippen LogP contribution in [0.3, 0.4) is 0 Å². The first-order valence-corrected chi connectivity index (χ1v) is 13.7. The fourth-order valence-electron chi connectivity index (χ4n) is 5.54. The third-order valence-corrected chi connectivity index (χ3v) is 12.1. The number of hydrogen-bond donors (Lipinski definition) is 0. The van der Waals surface area contributed by atoms with Gasteiger partial charge in [-0.05, 0) is 27.1 Å². The van der Waals surface area contributed by atoms with Gasteiger partial charge in [0.05, 0.1) is 19.3 Å². The topological polar surface area (TPSA) is 44.8 Å². The van der Waals surface area contributed by atoms with E-state index in [-0.39, 0.29) is 35.1 Å². The van der Waals surface area contributed by atoms with E-state index in [0.29, 0.717) is 19.6 Å². The summed E-state index contributed by atoms with van der Waals surface area (Å²) >= 11 is 0. The molecule has 1 saturated heterocycles. The highest BCUT2D eigenvalue weighted by molar-refractivity contribution is 6.99. The lowest BCUT2D eigenvalue weighted by Crippen LogP contribution is -2.67. The predicted octanol–water partition coefficient (Wildman–Crippen LogP) is 3.80. The zero-order valence-electron chi connectivity index (χ0n) is 19.6. The van der Waals surface area contributed by atoms with Gasteiger partial charge >= 0.3 is 0 Å². The van der Waals surface area contributed by atoms with Gasteiger partial charge in [-0.1, -0.05) is 93.6 Å². The quantitative estimate of drug-likeness (QED) is 0.503. The number of rotatable bonds is 5. The highest BCUT2D eigenvalue weighted by Crippen LogP contribution is 2.39. The van der Waals surface area contributed by atoms with Crippen LogP contribution in [0.4, 0.5) is 0 Å². The number of hydrogen-bond acceptors (Lipinski definition) is 4. The van der Waals surface area contributed by atoms with Crippen LogP contribution in [-0.2, 0) is 18.7 Å². The fourth-order valence-corrected chi connectivity index (χ4v) is 10.1. The molecule has 0 amide bonds. The molecule has 0 N–H and O–H groups in total. The molecule has 2 aromatic rings. The largest absolute Gasteiger partial charge is 0.404 e. The minimum absolute atomic E-state index is 0.0872. The summed E-state index contributed by atoms with van der Waals surface area (Å²) in [5.74, 6) is 0.334. The van der Waals surface area contributed by atoms with E-state index in [1.165, 1.54) is 10.4 Å². The Balaban J connectivity index is 1.45. The first kappa shape index (κ1) is 22.5. The summed E-state index contributed by atoms with van der Waals surface area (Å²) in [5, 5.41) is 2.42. The summed E-state index contributed by atoms with van der Waals surface area (Å²) in [5.41, 5.74) is 1.09. The zero-order chi connectivity index (χ0) is 23.1. The summed E-state index contributed by atoms with van der Waals surface area (Å²) in [6, 6.07) is 21.3. The van der Waals surface area contributed by atoms with Crippen LogP contribution in [0.15, 0.2) is 84.5 Å². The fraction of sp³-hybridized carbons (Fsp3) is 0.393. The van der Waals surface area contributed by atoms with Gasteiger partial charge in [0.15, 0.2) is 5.78 Å². The molecule has 4 nitrogen and oxygen atoms in total. The highest BCUT2D eigenvalue weighted by atomic mass is 28.4. The van der Waals surface area contributed by atoms with Gasteiger partial charge < -0.3 is 13.9 Å². The number of allylic oxidation sites excluding steroid dienone is 1. The second-order valence-corrected chi connectivity index (χ2v) is 14.6. The molecule has 2 heterocycles. The molecule has 0 saturated carbocycles. The molecule has 0 radical (unpaired) electrons. The molecule has 1 aliphatic carbocycles. The van der Waals surface area contributed by atoms with Crippen molar-refractivity contribution in [3.05, 3.63) is 84.5 Å². The Hall–Kier alpha value is -2.31. The van der Waals surface area contributed by atoms with Gasteiger partial charge in [0.25, 0.3) is 8.32 Å². The summed E-state index contributed by atoms with van der Waals surface area (Å²) in [6.07, 6.45) is 5.96. The average Bonchev–Trinajstić information content (AvgIpc) is 3.21. The first-order chi connectivity index (χ1) is 15.9. The Morgan fingerprint density at radius 3 is 2.21 bits per heavy atom. The number of fused-ring (bicyclic) bond motifs is 3. The minimum atomic E-state index is -2.63. The standard InChI is InChI=1S/C28H32O4Si/c1-28(2,3)33(23-10-6-4-7-11-23,24-12-8-5-9-13-24)31-19-22-14-15-26-27(32-22)25-17-21(29)16-20(25)18-30-26/h4-15,17,20,22,26-27H,16,18-19H2,1-3H3/t20-,22-,26+,27+/m0/s1. The molecule has 0 spiro atoms. The van der Waals surface area contributed by atoms with E-state index in [2.05, 4.69) is 93.6 Å². The smallest absolute Gasteiger partial charge is 0.261 e. The first-order valence-electron chi connectivity index (χ1n) is 11.8. The molecular weight excluding hydrogens is 428 g/mol. The average molecular weight is 461 g/mol. The van der Waals surface area contributed by atoms with Crippen LogP contribution in [0.25, 0.3) is 0 Å². The molecule has 3 aliphatic rings. The van der Waals surface area contributed by atoms with Crippen molar-refractivity contribution in [3.8, 4) is 0 Å². The van der Waals surface area contributed by atoms with Crippen molar-refractivity contribution in [1.29, 1.82) is 0 Å². The van der Waals surface area contributed by atoms with Crippen molar-refractivity contribution < 1.29 is 18.7 Å². The third-order valence-electron chi connectivity index (χ3n) is 7.08. The molecular formula is C28H32O4Si. The van der Waals surface area contributed by atoms with E-state index in [1.54, 1.807) is 6.08 Å². The van der Waals surface area contributed by atoms with Gasteiger partial charge in [0.2, 0.25) is 0 Å². The molecule has 5 rings (SSSR count). The van der Waals surface area contributed by atoms with E-state index < -0.39 is 8.32 Å². The van der Waals surface area contributed by atoms with Crippen molar-refractivity contribution in [2.75, 3.05) is 13.2 Å². The number of carbonyl (C=O) groups is 1. The van der Waals surface area contributed by atoms with E-state index in [4.69, 9.17) is 13.9 Å². The number of ether oxygens (including phenoxy) is 2. The van der Waals surface area contributed by atoms with Gasteiger partial charge in [0, 0.05) is 12.3 Å². The molecule has 0 aromatic heterocycles. The lowest BCUT2D eigenvalue weighted by Gasteiger charge is -2.44. The molecule has 0 bridgehead atoms. The molecule has 4 atom stereocenters. The Kier molecular flexibility index (Phi) is 5.99. The van der Waals surface area contributed by atoms with Crippen LogP contribution in [0.1, 0.15) is 27.2 Å². The number of carbonyl (C=O) groups excluding carboxylic acids is 1. The predicted molar refractivity (Wildman–Crippen MR) is 132 cm³/mol. The van der Waals surface area contributed by atoms with Crippen LogP contribution < -0.4 is 10.4 Å². The molecule has 0 unspecified atom stereocenters. The SMILES string of the molecule is CC(C)(C)[Si](OC[C@@H]1C=C[C@H]2OC[C@@H]3CC(=O)C=C3[C@H]2O1)(c1ccccc1)c1ccccc1. The van der Waals surface area contributed by atoms with Gasteiger partial charge in [0.1, 0.15) is 12.2 Å². The summed E-state index contributed by atoms with van der Waals surface area (Å²) in [4.78, 5) is 12.0. The highest BCUT2D eigenvalue weighted by Gasteiger charge is 2.51. The second kappa shape index (κ2) is 8.80. The van der Waals surface area contributed by atoms with Gasteiger partial charge in [-0.2, -0.15) is 0 Å². The van der Waals surface area contributed by atoms with E-state index in [0.717, 1.165) is 5.57 Å². The van der Waals surface area contributed by atoms with Crippen molar-refractivity contribution in [1.82, 2.24) is 0 Å². The van der Waals surface area contributed by atoms with E-state index in [1.807, 2.05) is 0 Å². The molecule has 5 heteroatoms. The molecule has 2 aromatic carbocycles. The Labute approximate surface area is 197 Å².